The molecule has 3 rings (SSSR count). The number of alkyl halides is 3. The first kappa shape index (κ1) is 25.8. The monoisotopic (exact) mass is 519 g/mol. The highest BCUT2D eigenvalue weighted by Crippen LogP contribution is 2.35. The Kier molecular flexibility index (Phi) is 7.76. The summed E-state index contributed by atoms with van der Waals surface area (Å²) in [6, 6.07) is 8.09. The summed E-state index contributed by atoms with van der Waals surface area (Å²) in [5.41, 5.74) is -5.67. The van der Waals surface area contributed by atoms with Crippen LogP contribution in [-0.2, 0) is 25.4 Å². The summed E-state index contributed by atoms with van der Waals surface area (Å²) in [5.74, 6) is -1.18. The molecule has 1 unspecified atom stereocenters. The molecule has 0 saturated heterocycles. The van der Waals surface area contributed by atoms with E-state index in [0.717, 1.165) is 31.2 Å². The van der Waals surface area contributed by atoms with Crippen molar-refractivity contribution in [3.05, 3.63) is 58.1 Å². The summed E-state index contributed by atoms with van der Waals surface area (Å²) in [7, 11) is -8.22. The van der Waals surface area contributed by atoms with E-state index in [4.69, 9.17) is 4.74 Å². The summed E-state index contributed by atoms with van der Waals surface area (Å²) in [4.78, 5) is 20.3. The number of halogens is 3. The van der Waals surface area contributed by atoms with Gasteiger partial charge in [0.25, 0.3) is 15.5 Å². The molecule has 2 aromatic carbocycles. The number of sulfone groups is 1. The van der Waals surface area contributed by atoms with Gasteiger partial charge in [-0.05, 0) is 48.6 Å². The Morgan fingerprint density at radius 3 is 2.26 bits per heavy atom. The molecule has 8 nitrogen and oxygen atoms in total. The van der Waals surface area contributed by atoms with Gasteiger partial charge in [-0.3, -0.25) is 19.1 Å². The molecule has 34 heavy (non-hydrogen) atoms. The molecular formula is C21H20F3NO7S2. The first-order valence-corrected chi connectivity index (χ1v) is 13.0. The molecule has 2 aromatic rings. The van der Waals surface area contributed by atoms with E-state index >= 15 is 0 Å². The van der Waals surface area contributed by atoms with Gasteiger partial charge >= 0.3 is 11.5 Å². The number of carbonyl (C=O) groups excluding carboxylic acids is 1. The third-order valence-corrected chi connectivity index (χ3v) is 8.24. The second kappa shape index (κ2) is 10.2. The van der Waals surface area contributed by atoms with E-state index in [1.807, 2.05) is 12.1 Å². The molecule has 0 heterocycles. The molecule has 0 bridgehead atoms. The molecule has 0 aliphatic heterocycles. The van der Waals surface area contributed by atoms with Crippen LogP contribution < -0.4 is 4.74 Å². The predicted molar refractivity (Wildman–Crippen MR) is 116 cm³/mol. The normalized spacial score (nSPS) is 16.1. The van der Waals surface area contributed by atoms with E-state index in [-0.39, 0.29) is 11.8 Å². The number of nitrogens with zero attached hydrogens (tertiary/aromatic N) is 1. The van der Waals surface area contributed by atoms with Crippen molar-refractivity contribution in [3.8, 4) is 5.75 Å². The Morgan fingerprint density at radius 2 is 1.71 bits per heavy atom. The lowest BCUT2D eigenvalue weighted by atomic mass is 9.84. The molecule has 0 radical (unpaired) electrons. The van der Waals surface area contributed by atoms with Gasteiger partial charge in [-0.1, -0.05) is 31.4 Å². The van der Waals surface area contributed by atoms with Gasteiger partial charge in [-0.2, -0.15) is 13.2 Å². The average Bonchev–Trinajstić information content (AvgIpc) is 2.78. The second-order valence-corrected chi connectivity index (χ2v) is 11.1. The van der Waals surface area contributed by atoms with Crippen molar-refractivity contribution in [2.24, 2.45) is 0 Å². The van der Waals surface area contributed by atoms with Crippen molar-refractivity contribution in [1.82, 2.24) is 0 Å². The van der Waals surface area contributed by atoms with Gasteiger partial charge in [0.05, 0.1) is 20.6 Å². The number of esters is 1. The molecular weight excluding hydrogens is 499 g/mol. The van der Waals surface area contributed by atoms with Crippen molar-refractivity contribution < 1.29 is 40.3 Å². The van der Waals surface area contributed by atoms with Crippen LogP contribution in [-0.4, -0.2) is 34.8 Å². The molecule has 1 atom stereocenters. The maximum absolute atomic E-state index is 12.7. The summed E-state index contributed by atoms with van der Waals surface area (Å²) < 4.78 is 78.9. The molecule has 1 aliphatic carbocycles. The van der Waals surface area contributed by atoms with Crippen LogP contribution in [0.3, 0.4) is 0 Å². The topological polar surface area (TPSA) is 121 Å². The van der Waals surface area contributed by atoms with E-state index in [1.165, 1.54) is 6.42 Å². The first-order chi connectivity index (χ1) is 15.9. The van der Waals surface area contributed by atoms with E-state index in [0.29, 0.717) is 18.1 Å². The number of carbonyl (C=O) groups is 1. The molecule has 1 fully saturated rings. The second-order valence-electron chi connectivity index (χ2n) is 7.70. The minimum atomic E-state index is -5.85. The molecule has 0 spiro atoms. The van der Waals surface area contributed by atoms with Crippen LogP contribution in [0.5, 0.6) is 5.75 Å². The number of benzene rings is 2. The van der Waals surface area contributed by atoms with Crippen LogP contribution in [0.4, 0.5) is 18.9 Å². The van der Waals surface area contributed by atoms with E-state index < -0.39 is 58.3 Å². The van der Waals surface area contributed by atoms with Crippen LogP contribution in [0.1, 0.15) is 43.6 Å². The average molecular weight is 520 g/mol. The zero-order valence-electron chi connectivity index (χ0n) is 17.6. The third kappa shape index (κ3) is 5.81. The number of hydrogen-bond acceptors (Lipinski definition) is 7. The third-order valence-electron chi connectivity index (χ3n) is 5.42. The Bertz CT molecular complexity index is 1210. The molecule has 1 saturated carbocycles. The number of rotatable bonds is 7. The number of nitro groups is 1. The zero-order chi connectivity index (χ0) is 25.1. The lowest BCUT2D eigenvalue weighted by Crippen LogP contribution is -2.23. The minimum Gasteiger partial charge on any atom is -0.426 e. The van der Waals surface area contributed by atoms with Gasteiger partial charge in [0, 0.05) is 6.07 Å². The summed E-state index contributed by atoms with van der Waals surface area (Å²) in [6.45, 7) is 0. The highest BCUT2D eigenvalue weighted by Gasteiger charge is 2.47. The molecule has 0 N–H and O–H groups in total. The predicted octanol–water partition coefficient (Wildman–Crippen LogP) is 4.65. The molecule has 0 aromatic heterocycles. The van der Waals surface area contributed by atoms with E-state index in [2.05, 4.69) is 0 Å². The Labute approximate surface area is 195 Å². The van der Waals surface area contributed by atoms with Crippen LogP contribution in [0, 0.1) is 10.1 Å². The Balaban J connectivity index is 1.72. The van der Waals surface area contributed by atoms with Crippen molar-refractivity contribution >= 4 is 32.3 Å². The Morgan fingerprint density at radius 1 is 1.09 bits per heavy atom. The quantitative estimate of drug-likeness (QED) is 0.226. The zero-order valence-corrected chi connectivity index (χ0v) is 19.2. The lowest BCUT2D eigenvalue weighted by molar-refractivity contribution is -0.388. The van der Waals surface area contributed by atoms with E-state index in [1.54, 1.807) is 12.1 Å². The summed E-state index contributed by atoms with van der Waals surface area (Å²) in [6.07, 6.45) is 5.69. The first-order valence-electron chi connectivity index (χ1n) is 10.2. The van der Waals surface area contributed by atoms with Gasteiger partial charge < -0.3 is 4.74 Å². The minimum absolute atomic E-state index is 0.172. The smallest absolute Gasteiger partial charge is 0.426 e. The number of ether oxygens (including phenoxy) is 1. The molecule has 0 amide bonds. The van der Waals surface area contributed by atoms with Crippen molar-refractivity contribution in [1.29, 1.82) is 0 Å². The standard InChI is InChI=1S/C21H20F3NO7S2/c22-21(23,24)34(30,31)17-10-11-19(18(12-17)25(27)28)33(29)13-20(26)32-16-8-6-15(7-9-16)14-4-2-1-3-5-14/h6-12,14H,1-5,13H2. The highest BCUT2D eigenvalue weighted by molar-refractivity contribution is 7.92. The largest absolute Gasteiger partial charge is 0.501 e. The van der Waals surface area contributed by atoms with Gasteiger partial charge in [0.1, 0.15) is 16.4 Å². The molecule has 13 heteroatoms. The van der Waals surface area contributed by atoms with Gasteiger partial charge in [0.2, 0.25) is 0 Å². The summed E-state index contributed by atoms with van der Waals surface area (Å²) >= 11 is 0. The maximum Gasteiger partial charge on any atom is 0.501 e. The van der Waals surface area contributed by atoms with Gasteiger partial charge in [0.15, 0.2) is 0 Å². The molecule has 1 aliphatic rings. The number of hydrogen-bond donors (Lipinski definition) is 0. The van der Waals surface area contributed by atoms with Crippen molar-refractivity contribution in [3.63, 3.8) is 0 Å². The van der Waals surface area contributed by atoms with Crippen LogP contribution in [0.25, 0.3) is 0 Å². The fourth-order valence-corrected chi connectivity index (χ4v) is 5.52. The van der Waals surface area contributed by atoms with Crippen LogP contribution in [0.15, 0.2) is 52.3 Å². The maximum atomic E-state index is 12.7. The fourth-order valence-electron chi connectivity index (χ4n) is 3.72. The van der Waals surface area contributed by atoms with Gasteiger partial charge in [-0.15, -0.1) is 0 Å². The highest BCUT2D eigenvalue weighted by atomic mass is 32.2. The lowest BCUT2D eigenvalue weighted by Gasteiger charge is -2.22. The van der Waals surface area contributed by atoms with Gasteiger partial charge in [-0.25, -0.2) is 8.42 Å². The number of nitro benzene ring substituents is 1. The van der Waals surface area contributed by atoms with Crippen molar-refractivity contribution in [2.75, 3.05) is 5.75 Å². The Hall–Kier alpha value is -2.80. The van der Waals surface area contributed by atoms with E-state index in [9.17, 15) is 40.7 Å². The van der Waals surface area contributed by atoms with Crippen LogP contribution >= 0.6 is 0 Å². The molecule has 184 valence electrons. The fraction of sp³-hybridized carbons (Fsp3) is 0.381. The SMILES string of the molecule is O=C(CS(=O)c1ccc(S(=O)(=O)C(F)(F)F)cc1[N+](=O)[O-])Oc1ccc(C2CCCCC2)cc1. The summed E-state index contributed by atoms with van der Waals surface area (Å²) in [5, 5.41) is 11.3. The van der Waals surface area contributed by atoms with Crippen LogP contribution in [0.2, 0.25) is 0 Å². The van der Waals surface area contributed by atoms with Crippen molar-refractivity contribution in [2.45, 2.75) is 53.3 Å².